The lowest BCUT2D eigenvalue weighted by molar-refractivity contribution is 0.0933. The van der Waals surface area contributed by atoms with Gasteiger partial charge in [-0.3, -0.25) is 4.79 Å². The third kappa shape index (κ3) is 3.56. The Morgan fingerprint density at radius 3 is 2.38 bits per heavy atom. The van der Waals surface area contributed by atoms with Gasteiger partial charge in [-0.05, 0) is 31.2 Å². The summed E-state index contributed by atoms with van der Waals surface area (Å²) in [4.78, 5) is 12.4. The van der Waals surface area contributed by atoms with Crippen molar-refractivity contribution in [1.82, 2.24) is 5.32 Å². The Balaban J connectivity index is 2.12. The first-order valence-electron chi connectivity index (χ1n) is 6.70. The Kier molecular flexibility index (Phi) is 4.87. The average molecular weight is 289 g/mol. The summed E-state index contributed by atoms with van der Waals surface area (Å²) < 4.78 is 15.8. The molecule has 1 N–H and O–H groups in total. The van der Waals surface area contributed by atoms with Crippen molar-refractivity contribution in [1.29, 1.82) is 0 Å². The fourth-order valence-electron chi connectivity index (χ4n) is 2.15. The molecule has 0 bridgehead atoms. The number of methoxy groups -OCH3 is 2. The van der Waals surface area contributed by atoms with Gasteiger partial charge in [0.25, 0.3) is 5.91 Å². The van der Waals surface area contributed by atoms with Gasteiger partial charge in [-0.25, -0.2) is 0 Å². The van der Waals surface area contributed by atoms with Crippen LogP contribution in [0.25, 0.3) is 0 Å². The minimum atomic E-state index is -0.233. The number of hydrogen-bond acceptors (Lipinski definition) is 4. The molecule has 0 radical (unpaired) electrons. The third-order valence-corrected chi connectivity index (χ3v) is 3.12. The summed E-state index contributed by atoms with van der Waals surface area (Å²) in [6.07, 6.45) is 2.24. The number of rotatable bonds is 6. The van der Waals surface area contributed by atoms with Crippen LogP contribution in [-0.4, -0.2) is 26.2 Å². The second-order valence-corrected chi connectivity index (χ2v) is 4.70. The van der Waals surface area contributed by atoms with Gasteiger partial charge in [-0.15, -0.1) is 0 Å². The maximum Gasteiger partial charge on any atom is 0.259 e. The van der Waals surface area contributed by atoms with E-state index in [-0.39, 0.29) is 11.9 Å². The second-order valence-electron chi connectivity index (χ2n) is 4.70. The van der Waals surface area contributed by atoms with E-state index < -0.39 is 0 Å². The molecule has 2 aromatic rings. The van der Waals surface area contributed by atoms with Crippen molar-refractivity contribution in [3.63, 3.8) is 0 Å². The van der Waals surface area contributed by atoms with Crippen LogP contribution in [0.3, 0.4) is 0 Å². The molecule has 0 saturated heterocycles. The smallest absolute Gasteiger partial charge is 0.259 e. The van der Waals surface area contributed by atoms with E-state index in [9.17, 15) is 4.79 Å². The number of amides is 1. The zero-order chi connectivity index (χ0) is 15.2. The van der Waals surface area contributed by atoms with Gasteiger partial charge in [0.15, 0.2) is 0 Å². The molecule has 0 aliphatic heterocycles. The van der Waals surface area contributed by atoms with Crippen molar-refractivity contribution in [2.75, 3.05) is 14.2 Å². The highest BCUT2D eigenvalue weighted by atomic mass is 16.5. The predicted octanol–water partition coefficient (Wildman–Crippen LogP) is 2.66. The first-order valence-corrected chi connectivity index (χ1v) is 6.70. The van der Waals surface area contributed by atoms with E-state index in [4.69, 9.17) is 13.9 Å². The Morgan fingerprint density at radius 2 is 1.86 bits per heavy atom. The molecular formula is C16H19NO4. The van der Waals surface area contributed by atoms with Crippen LogP contribution in [0.1, 0.15) is 23.0 Å². The first kappa shape index (κ1) is 15.0. The molecule has 0 aliphatic rings. The number of ether oxygens (including phenoxy) is 2. The van der Waals surface area contributed by atoms with E-state index in [1.165, 1.54) is 14.2 Å². The van der Waals surface area contributed by atoms with Crippen LogP contribution in [0.4, 0.5) is 0 Å². The Hall–Kier alpha value is -2.43. The fraction of sp³-hybridized carbons (Fsp3) is 0.312. The lowest BCUT2D eigenvalue weighted by Crippen LogP contribution is -2.34. The molecule has 112 valence electrons. The molecule has 1 aromatic carbocycles. The topological polar surface area (TPSA) is 60.7 Å². The molecule has 5 nitrogen and oxygen atoms in total. The van der Waals surface area contributed by atoms with Gasteiger partial charge in [0.05, 0.1) is 20.5 Å². The van der Waals surface area contributed by atoms with Crippen molar-refractivity contribution in [2.24, 2.45) is 0 Å². The molecule has 1 heterocycles. The number of furan rings is 1. The summed E-state index contributed by atoms with van der Waals surface area (Å²) in [5.41, 5.74) is 0.397. The highest BCUT2D eigenvalue weighted by Crippen LogP contribution is 2.28. The summed E-state index contributed by atoms with van der Waals surface area (Å²) in [6, 6.07) is 8.88. The van der Waals surface area contributed by atoms with Crippen LogP contribution in [0.2, 0.25) is 0 Å². The van der Waals surface area contributed by atoms with Gasteiger partial charge in [-0.1, -0.05) is 6.07 Å². The zero-order valence-electron chi connectivity index (χ0n) is 12.4. The molecule has 0 saturated carbocycles. The average Bonchev–Trinajstić information content (AvgIpc) is 2.98. The van der Waals surface area contributed by atoms with E-state index in [1.54, 1.807) is 24.5 Å². The Morgan fingerprint density at radius 1 is 1.19 bits per heavy atom. The lowest BCUT2D eigenvalue weighted by Gasteiger charge is -2.16. The molecular weight excluding hydrogens is 270 g/mol. The molecule has 21 heavy (non-hydrogen) atoms. The second kappa shape index (κ2) is 6.83. The van der Waals surface area contributed by atoms with Crippen LogP contribution < -0.4 is 14.8 Å². The third-order valence-electron chi connectivity index (χ3n) is 3.12. The van der Waals surface area contributed by atoms with Crippen molar-refractivity contribution in [3.05, 3.63) is 47.9 Å². The van der Waals surface area contributed by atoms with Crippen LogP contribution in [0.15, 0.2) is 41.0 Å². The van der Waals surface area contributed by atoms with Crippen LogP contribution in [-0.2, 0) is 6.42 Å². The summed E-state index contributed by atoms with van der Waals surface area (Å²) in [5.74, 6) is 1.56. The van der Waals surface area contributed by atoms with E-state index >= 15 is 0 Å². The van der Waals surface area contributed by atoms with Gasteiger partial charge < -0.3 is 19.2 Å². The lowest BCUT2D eigenvalue weighted by atomic mass is 10.1. The van der Waals surface area contributed by atoms with Gasteiger partial charge in [0.1, 0.15) is 22.8 Å². The molecule has 0 aliphatic carbocycles. The monoisotopic (exact) mass is 289 g/mol. The largest absolute Gasteiger partial charge is 0.496 e. The molecule has 0 unspecified atom stereocenters. The maximum absolute atomic E-state index is 12.4. The Labute approximate surface area is 123 Å². The van der Waals surface area contributed by atoms with Gasteiger partial charge in [0.2, 0.25) is 0 Å². The van der Waals surface area contributed by atoms with Crippen LogP contribution in [0, 0.1) is 0 Å². The molecule has 1 amide bonds. The minimum Gasteiger partial charge on any atom is -0.496 e. The van der Waals surface area contributed by atoms with Gasteiger partial charge in [-0.2, -0.15) is 0 Å². The van der Waals surface area contributed by atoms with E-state index in [0.717, 1.165) is 5.76 Å². The van der Waals surface area contributed by atoms with Crippen molar-refractivity contribution in [2.45, 2.75) is 19.4 Å². The van der Waals surface area contributed by atoms with Crippen molar-refractivity contribution >= 4 is 5.91 Å². The zero-order valence-corrected chi connectivity index (χ0v) is 12.4. The Bertz CT molecular complexity index is 570. The van der Waals surface area contributed by atoms with Gasteiger partial charge >= 0.3 is 0 Å². The van der Waals surface area contributed by atoms with E-state index in [0.29, 0.717) is 23.5 Å². The molecule has 2 rings (SSSR count). The van der Waals surface area contributed by atoms with Gasteiger partial charge in [0, 0.05) is 12.5 Å². The van der Waals surface area contributed by atoms with Crippen LogP contribution >= 0.6 is 0 Å². The normalized spacial score (nSPS) is 11.8. The number of nitrogens with one attached hydrogen (secondary N) is 1. The summed E-state index contributed by atoms with van der Waals surface area (Å²) >= 11 is 0. The first-order chi connectivity index (χ1) is 10.2. The van der Waals surface area contributed by atoms with E-state index in [1.807, 2.05) is 19.1 Å². The number of carbonyl (C=O) groups is 1. The molecule has 1 aromatic heterocycles. The minimum absolute atomic E-state index is 0.0710. The van der Waals surface area contributed by atoms with Crippen molar-refractivity contribution in [3.8, 4) is 11.5 Å². The fourth-order valence-corrected chi connectivity index (χ4v) is 2.15. The molecule has 1 atom stereocenters. The summed E-state index contributed by atoms with van der Waals surface area (Å²) in [5, 5.41) is 2.92. The highest BCUT2D eigenvalue weighted by Gasteiger charge is 2.20. The number of carbonyl (C=O) groups excluding carboxylic acids is 1. The molecule has 0 spiro atoms. The van der Waals surface area contributed by atoms with Crippen molar-refractivity contribution < 1.29 is 18.7 Å². The quantitative estimate of drug-likeness (QED) is 0.888. The maximum atomic E-state index is 12.4. The summed E-state index contributed by atoms with van der Waals surface area (Å²) in [7, 11) is 3.05. The number of benzene rings is 1. The predicted molar refractivity (Wildman–Crippen MR) is 78.9 cm³/mol. The highest BCUT2D eigenvalue weighted by molar-refractivity contribution is 5.99. The SMILES string of the molecule is COc1cccc(OC)c1C(=O)N[C@H](C)Cc1ccco1. The molecule has 5 heteroatoms. The van der Waals surface area contributed by atoms with Crippen LogP contribution in [0.5, 0.6) is 11.5 Å². The van der Waals surface area contributed by atoms with E-state index in [2.05, 4.69) is 5.32 Å². The standard InChI is InChI=1S/C16H19NO4/c1-11(10-12-6-5-9-21-12)17-16(18)15-13(19-2)7-4-8-14(15)20-3/h4-9,11H,10H2,1-3H3,(H,17,18)/t11-/m1/s1. The summed E-state index contributed by atoms with van der Waals surface area (Å²) in [6.45, 7) is 1.92. The molecule has 0 fully saturated rings. The number of hydrogen-bond donors (Lipinski definition) is 1.